The molecule has 108 valence electrons. The predicted molar refractivity (Wildman–Crippen MR) is 74.1 cm³/mol. The van der Waals surface area contributed by atoms with Crippen molar-refractivity contribution in [2.45, 2.75) is 13.0 Å². The smallest absolute Gasteiger partial charge is 0.260 e. The molecule has 1 atom stereocenters. The van der Waals surface area contributed by atoms with Crippen molar-refractivity contribution in [3.05, 3.63) is 48.0 Å². The predicted octanol–water partition coefficient (Wildman–Crippen LogP) is 2.35. The lowest BCUT2D eigenvalue weighted by Crippen LogP contribution is -2.42. The van der Waals surface area contributed by atoms with Gasteiger partial charge < -0.3 is 14.7 Å². The van der Waals surface area contributed by atoms with Gasteiger partial charge in [-0.25, -0.2) is 4.39 Å². The number of pyridine rings is 1. The van der Waals surface area contributed by atoms with Crippen LogP contribution in [0.4, 0.5) is 10.1 Å². The molecule has 6 heteroatoms. The Morgan fingerprint density at radius 1 is 1.43 bits per heavy atom. The van der Waals surface area contributed by atoms with Gasteiger partial charge >= 0.3 is 0 Å². The van der Waals surface area contributed by atoms with Crippen LogP contribution in [0.15, 0.2) is 36.7 Å². The van der Waals surface area contributed by atoms with E-state index in [1.54, 1.807) is 6.92 Å². The molecule has 0 aliphatic carbocycles. The van der Waals surface area contributed by atoms with Crippen molar-refractivity contribution in [2.75, 3.05) is 11.4 Å². The third-order valence-corrected chi connectivity index (χ3v) is 3.20. The molecule has 1 N–H and O–H groups in total. The number of anilines is 1. The topological polar surface area (TPSA) is 62.7 Å². The van der Waals surface area contributed by atoms with Crippen LogP contribution in [0.5, 0.6) is 11.5 Å². The highest BCUT2D eigenvalue weighted by molar-refractivity contribution is 6.07. The van der Waals surface area contributed by atoms with Crippen LogP contribution in [0.2, 0.25) is 0 Å². The van der Waals surface area contributed by atoms with Crippen molar-refractivity contribution in [3.63, 3.8) is 0 Å². The quantitative estimate of drug-likeness (QED) is 0.875. The van der Waals surface area contributed by atoms with Gasteiger partial charge in [0.2, 0.25) is 0 Å². The van der Waals surface area contributed by atoms with E-state index in [1.165, 1.54) is 41.6 Å². The second-order valence-electron chi connectivity index (χ2n) is 4.89. The fourth-order valence-electron chi connectivity index (χ4n) is 2.31. The molecule has 0 spiro atoms. The van der Waals surface area contributed by atoms with Crippen LogP contribution in [0, 0.1) is 5.82 Å². The Kier molecular flexibility index (Phi) is 3.21. The SMILES string of the molecule is CC1CN(C(=O)c2cncc(O)c2)c2ccc(F)cc2O1. The highest BCUT2D eigenvalue weighted by Gasteiger charge is 2.29. The van der Waals surface area contributed by atoms with Crippen molar-refractivity contribution in [1.29, 1.82) is 0 Å². The third kappa shape index (κ3) is 2.52. The summed E-state index contributed by atoms with van der Waals surface area (Å²) in [6.45, 7) is 2.14. The molecule has 0 saturated heterocycles. The van der Waals surface area contributed by atoms with Gasteiger partial charge in [-0.15, -0.1) is 0 Å². The number of rotatable bonds is 1. The molecule has 5 nitrogen and oxygen atoms in total. The van der Waals surface area contributed by atoms with Crippen LogP contribution < -0.4 is 9.64 Å². The largest absolute Gasteiger partial charge is 0.506 e. The number of hydrogen-bond acceptors (Lipinski definition) is 4. The maximum Gasteiger partial charge on any atom is 0.260 e. The third-order valence-electron chi connectivity index (χ3n) is 3.20. The molecule has 0 bridgehead atoms. The summed E-state index contributed by atoms with van der Waals surface area (Å²) in [5, 5.41) is 9.44. The van der Waals surface area contributed by atoms with Crippen molar-refractivity contribution < 1.29 is 19.0 Å². The number of fused-ring (bicyclic) bond motifs is 1. The number of aromatic nitrogens is 1. The Hall–Kier alpha value is -2.63. The lowest BCUT2D eigenvalue weighted by atomic mass is 10.1. The van der Waals surface area contributed by atoms with Crippen LogP contribution in [-0.4, -0.2) is 28.6 Å². The molecule has 1 aromatic carbocycles. The van der Waals surface area contributed by atoms with Crippen molar-refractivity contribution in [3.8, 4) is 11.5 Å². The lowest BCUT2D eigenvalue weighted by Gasteiger charge is -2.33. The first kappa shape index (κ1) is 13.4. The molecular formula is C15H13FN2O3. The molecule has 3 rings (SSSR count). The van der Waals surface area contributed by atoms with E-state index in [9.17, 15) is 14.3 Å². The first-order valence-electron chi connectivity index (χ1n) is 6.46. The van der Waals surface area contributed by atoms with E-state index in [4.69, 9.17) is 4.74 Å². The number of nitrogens with zero attached hydrogens (tertiary/aromatic N) is 2. The zero-order valence-electron chi connectivity index (χ0n) is 11.3. The minimum absolute atomic E-state index is 0.0820. The molecule has 2 heterocycles. The van der Waals surface area contributed by atoms with Crippen LogP contribution in [0.1, 0.15) is 17.3 Å². The lowest BCUT2D eigenvalue weighted by molar-refractivity contribution is 0.0960. The summed E-state index contributed by atoms with van der Waals surface area (Å²) in [6.07, 6.45) is 2.38. The zero-order chi connectivity index (χ0) is 15.0. The minimum Gasteiger partial charge on any atom is -0.506 e. The average molecular weight is 288 g/mol. The Labute approximate surface area is 120 Å². The number of halogens is 1. The number of carbonyl (C=O) groups is 1. The fourth-order valence-corrected chi connectivity index (χ4v) is 2.31. The van der Waals surface area contributed by atoms with Gasteiger partial charge in [-0.3, -0.25) is 9.78 Å². The van der Waals surface area contributed by atoms with Gasteiger partial charge in [0.15, 0.2) is 0 Å². The Morgan fingerprint density at radius 3 is 3.00 bits per heavy atom. The van der Waals surface area contributed by atoms with Crippen molar-refractivity contribution in [1.82, 2.24) is 4.98 Å². The van der Waals surface area contributed by atoms with E-state index in [-0.39, 0.29) is 23.3 Å². The zero-order valence-corrected chi connectivity index (χ0v) is 11.3. The Bertz CT molecular complexity index is 705. The second kappa shape index (κ2) is 5.05. The molecule has 0 fully saturated rings. The number of ether oxygens (including phenoxy) is 1. The molecule has 1 unspecified atom stereocenters. The van der Waals surface area contributed by atoms with Gasteiger partial charge in [0.1, 0.15) is 23.4 Å². The summed E-state index contributed by atoms with van der Waals surface area (Å²) < 4.78 is 18.9. The molecule has 1 aliphatic rings. The van der Waals surface area contributed by atoms with Gasteiger partial charge in [-0.1, -0.05) is 0 Å². The number of aromatic hydroxyl groups is 1. The highest BCUT2D eigenvalue weighted by Crippen LogP contribution is 2.34. The van der Waals surface area contributed by atoms with Gasteiger partial charge in [-0.2, -0.15) is 0 Å². The minimum atomic E-state index is -0.422. The van der Waals surface area contributed by atoms with E-state index in [2.05, 4.69) is 4.98 Å². The van der Waals surface area contributed by atoms with E-state index >= 15 is 0 Å². The summed E-state index contributed by atoms with van der Waals surface area (Å²) in [5.41, 5.74) is 0.766. The Balaban J connectivity index is 2.01. The van der Waals surface area contributed by atoms with Crippen molar-refractivity contribution >= 4 is 11.6 Å². The van der Waals surface area contributed by atoms with Crippen LogP contribution >= 0.6 is 0 Å². The van der Waals surface area contributed by atoms with E-state index < -0.39 is 5.82 Å². The second-order valence-corrected chi connectivity index (χ2v) is 4.89. The molecule has 21 heavy (non-hydrogen) atoms. The molecule has 1 aromatic heterocycles. The maximum atomic E-state index is 13.3. The van der Waals surface area contributed by atoms with Crippen LogP contribution in [0.3, 0.4) is 0 Å². The van der Waals surface area contributed by atoms with E-state index in [1.807, 2.05) is 0 Å². The number of carbonyl (C=O) groups excluding carboxylic acids is 1. The molecule has 2 aromatic rings. The van der Waals surface area contributed by atoms with E-state index in [0.717, 1.165) is 0 Å². The highest BCUT2D eigenvalue weighted by atomic mass is 19.1. The van der Waals surface area contributed by atoms with Gasteiger partial charge in [0.05, 0.1) is 24.0 Å². The number of amides is 1. The molecule has 1 aliphatic heterocycles. The van der Waals surface area contributed by atoms with Crippen LogP contribution in [0.25, 0.3) is 0 Å². The molecular weight excluding hydrogens is 275 g/mol. The number of benzene rings is 1. The normalized spacial score (nSPS) is 17.0. The molecule has 1 amide bonds. The summed E-state index contributed by atoms with van der Waals surface area (Å²) in [4.78, 5) is 17.9. The first-order valence-corrected chi connectivity index (χ1v) is 6.46. The van der Waals surface area contributed by atoms with E-state index in [0.29, 0.717) is 18.0 Å². The van der Waals surface area contributed by atoms with Gasteiger partial charge in [-0.05, 0) is 25.1 Å². The van der Waals surface area contributed by atoms with Crippen LogP contribution in [-0.2, 0) is 0 Å². The Morgan fingerprint density at radius 2 is 2.24 bits per heavy atom. The molecule has 0 radical (unpaired) electrons. The molecule has 0 saturated carbocycles. The summed E-state index contributed by atoms with van der Waals surface area (Å²) in [7, 11) is 0. The maximum absolute atomic E-state index is 13.3. The van der Waals surface area contributed by atoms with Gasteiger partial charge in [0, 0.05) is 12.3 Å². The summed E-state index contributed by atoms with van der Waals surface area (Å²) in [5.74, 6) is -0.493. The average Bonchev–Trinajstić information content (AvgIpc) is 2.45. The summed E-state index contributed by atoms with van der Waals surface area (Å²) in [6, 6.07) is 5.38. The standard InChI is InChI=1S/C15H13FN2O3/c1-9-8-18(13-3-2-11(16)5-14(13)21-9)15(20)10-4-12(19)7-17-6-10/h2-7,9,19H,8H2,1H3. The van der Waals surface area contributed by atoms with Gasteiger partial charge in [0.25, 0.3) is 5.91 Å². The number of hydrogen-bond donors (Lipinski definition) is 1. The van der Waals surface area contributed by atoms with Crippen molar-refractivity contribution in [2.24, 2.45) is 0 Å². The first-order chi connectivity index (χ1) is 10.0. The fraction of sp³-hybridized carbons (Fsp3) is 0.200. The summed E-state index contributed by atoms with van der Waals surface area (Å²) >= 11 is 0. The monoisotopic (exact) mass is 288 g/mol.